The van der Waals surface area contributed by atoms with Gasteiger partial charge in [0.1, 0.15) is 0 Å². The molecule has 0 spiro atoms. The summed E-state index contributed by atoms with van der Waals surface area (Å²) in [5.74, 6) is 0.562. The zero-order valence-corrected chi connectivity index (χ0v) is 13.6. The molecule has 2 aliphatic rings. The minimum absolute atomic E-state index is 0.115. The van der Waals surface area contributed by atoms with Gasteiger partial charge in [-0.2, -0.15) is 17.4 Å². The largest absolute Gasteiger partial charge is 0.315 e. The molecule has 3 unspecified atom stereocenters. The fourth-order valence-electron chi connectivity index (χ4n) is 3.15. The van der Waals surface area contributed by atoms with Crippen LogP contribution in [0.25, 0.3) is 0 Å². The van der Waals surface area contributed by atoms with E-state index >= 15 is 0 Å². The zero-order valence-electron chi connectivity index (χ0n) is 12.8. The normalized spacial score (nSPS) is 31.4. The first-order valence-corrected chi connectivity index (χ1v) is 9.52. The Bertz CT molecular complexity index is 399. The molecule has 2 N–H and O–H groups in total. The van der Waals surface area contributed by atoms with Gasteiger partial charge in [-0.25, -0.2) is 0 Å². The molecule has 20 heavy (non-hydrogen) atoms. The van der Waals surface area contributed by atoms with E-state index in [4.69, 9.17) is 0 Å². The average molecular weight is 303 g/mol. The van der Waals surface area contributed by atoms with Crippen molar-refractivity contribution < 1.29 is 8.42 Å². The minimum atomic E-state index is -3.31. The van der Waals surface area contributed by atoms with Crippen molar-refractivity contribution in [2.45, 2.75) is 64.5 Å². The van der Waals surface area contributed by atoms with Crippen LogP contribution in [0.4, 0.5) is 0 Å². The molecule has 6 heteroatoms. The second-order valence-corrected chi connectivity index (χ2v) is 7.74. The Kier molecular flexibility index (Phi) is 5.84. The summed E-state index contributed by atoms with van der Waals surface area (Å²) < 4.78 is 29.7. The molecular weight excluding hydrogens is 274 g/mol. The molecule has 1 saturated carbocycles. The van der Waals surface area contributed by atoms with Crippen LogP contribution in [-0.4, -0.2) is 44.4 Å². The Morgan fingerprint density at radius 1 is 1.25 bits per heavy atom. The summed E-state index contributed by atoms with van der Waals surface area (Å²) >= 11 is 0. The van der Waals surface area contributed by atoms with Gasteiger partial charge < -0.3 is 5.32 Å². The van der Waals surface area contributed by atoms with Gasteiger partial charge in [-0.3, -0.25) is 0 Å². The quantitative estimate of drug-likeness (QED) is 0.714. The SMILES string of the molecule is CCCC1CC1NS(=O)(=O)N1CCCCC1CNCC. The van der Waals surface area contributed by atoms with Gasteiger partial charge in [0.25, 0.3) is 10.2 Å². The minimum Gasteiger partial charge on any atom is -0.315 e. The van der Waals surface area contributed by atoms with E-state index in [2.05, 4.69) is 23.9 Å². The molecular formula is C14H29N3O2S. The van der Waals surface area contributed by atoms with E-state index in [0.717, 1.165) is 51.6 Å². The van der Waals surface area contributed by atoms with Gasteiger partial charge in [0.15, 0.2) is 0 Å². The van der Waals surface area contributed by atoms with Gasteiger partial charge in [-0.05, 0) is 38.1 Å². The lowest BCUT2D eigenvalue weighted by Crippen LogP contribution is -2.52. The molecule has 0 aromatic carbocycles. The van der Waals surface area contributed by atoms with E-state index in [-0.39, 0.29) is 12.1 Å². The first-order valence-electron chi connectivity index (χ1n) is 8.08. The van der Waals surface area contributed by atoms with E-state index in [9.17, 15) is 8.42 Å². The van der Waals surface area contributed by atoms with Crippen molar-refractivity contribution in [2.75, 3.05) is 19.6 Å². The maximum absolute atomic E-state index is 12.5. The van der Waals surface area contributed by atoms with Crippen molar-refractivity contribution in [3.63, 3.8) is 0 Å². The zero-order chi connectivity index (χ0) is 14.6. The Morgan fingerprint density at radius 3 is 2.75 bits per heavy atom. The average Bonchev–Trinajstić information content (AvgIpc) is 3.14. The number of hydrogen-bond donors (Lipinski definition) is 2. The highest BCUT2D eigenvalue weighted by Crippen LogP contribution is 2.35. The third-order valence-corrected chi connectivity index (χ3v) is 6.09. The van der Waals surface area contributed by atoms with Gasteiger partial charge in [-0.1, -0.05) is 26.7 Å². The highest BCUT2D eigenvalue weighted by atomic mass is 32.2. The van der Waals surface area contributed by atoms with Crippen LogP contribution in [0.3, 0.4) is 0 Å². The molecule has 1 heterocycles. The van der Waals surface area contributed by atoms with Crippen molar-refractivity contribution >= 4 is 10.2 Å². The van der Waals surface area contributed by atoms with Crippen LogP contribution < -0.4 is 10.0 Å². The second-order valence-electron chi connectivity index (χ2n) is 6.08. The number of nitrogens with one attached hydrogen (secondary N) is 2. The second kappa shape index (κ2) is 7.20. The molecule has 3 atom stereocenters. The summed E-state index contributed by atoms with van der Waals surface area (Å²) in [6.07, 6.45) is 6.36. The van der Waals surface area contributed by atoms with Gasteiger partial charge in [0, 0.05) is 25.2 Å². The molecule has 1 saturated heterocycles. The van der Waals surface area contributed by atoms with Gasteiger partial charge in [-0.15, -0.1) is 0 Å². The van der Waals surface area contributed by atoms with Crippen molar-refractivity contribution in [1.29, 1.82) is 0 Å². The van der Waals surface area contributed by atoms with Crippen LogP contribution in [-0.2, 0) is 10.2 Å². The van der Waals surface area contributed by atoms with Crippen LogP contribution in [0.15, 0.2) is 0 Å². The molecule has 5 nitrogen and oxygen atoms in total. The van der Waals surface area contributed by atoms with Gasteiger partial charge in [0.2, 0.25) is 0 Å². The molecule has 2 fully saturated rings. The summed E-state index contributed by atoms with van der Waals surface area (Å²) in [5.41, 5.74) is 0. The van der Waals surface area contributed by atoms with Crippen molar-refractivity contribution in [3.05, 3.63) is 0 Å². The highest BCUT2D eigenvalue weighted by Gasteiger charge is 2.42. The Hall–Kier alpha value is -0.170. The summed E-state index contributed by atoms with van der Waals surface area (Å²) in [6.45, 7) is 6.52. The smallest absolute Gasteiger partial charge is 0.280 e. The van der Waals surface area contributed by atoms with Gasteiger partial charge in [0.05, 0.1) is 0 Å². The summed E-state index contributed by atoms with van der Waals surface area (Å²) in [7, 11) is -3.31. The molecule has 2 rings (SSSR count). The monoisotopic (exact) mass is 303 g/mol. The lowest BCUT2D eigenvalue weighted by molar-refractivity contribution is 0.243. The number of hydrogen-bond acceptors (Lipinski definition) is 3. The lowest BCUT2D eigenvalue weighted by atomic mass is 10.1. The molecule has 0 amide bonds. The van der Waals surface area contributed by atoms with E-state index in [1.165, 1.54) is 0 Å². The summed E-state index contributed by atoms with van der Waals surface area (Å²) in [5, 5.41) is 3.28. The first kappa shape index (κ1) is 16.2. The molecule has 0 bridgehead atoms. The number of piperidine rings is 1. The van der Waals surface area contributed by atoms with E-state index in [1.54, 1.807) is 4.31 Å². The molecule has 0 aromatic heterocycles. The summed E-state index contributed by atoms with van der Waals surface area (Å²) in [6, 6.07) is 0.297. The van der Waals surface area contributed by atoms with Crippen molar-refractivity contribution in [2.24, 2.45) is 5.92 Å². The van der Waals surface area contributed by atoms with Crippen LogP contribution in [0.1, 0.15) is 52.4 Å². The number of nitrogens with zero attached hydrogens (tertiary/aromatic N) is 1. The fraction of sp³-hybridized carbons (Fsp3) is 1.00. The molecule has 0 radical (unpaired) electrons. The number of likely N-dealkylation sites (N-methyl/N-ethyl adjacent to an activating group) is 1. The standard InChI is InChI=1S/C14H29N3O2S/c1-3-7-12-10-14(12)16-20(18,19)17-9-6-5-8-13(17)11-15-4-2/h12-16H,3-11H2,1-2H3. The van der Waals surface area contributed by atoms with Crippen LogP contribution in [0, 0.1) is 5.92 Å². The topological polar surface area (TPSA) is 61.4 Å². The molecule has 1 aliphatic heterocycles. The molecule has 1 aliphatic carbocycles. The van der Waals surface area contributed by atoms with Crippen LogP contribution >= 0.6 is 0 Å². The maximum Gasteiger partial charge on any atom is 0.280 e. The van der Waals surface area contributed by atoms with Gasteiger partial charge >= 0.3 is 0 Å². The molecule has 118 valence electrons. The fourth-order valence-corrected chi connectivity index (χ4v) is 4.89. The van der Waals surface area contributed by atoms with E-state index < -0.39 is 10.2 Å². The number of rotatable bonds is 8. The predicted octanol–water partition coefficient (Wildman–Crippen LogP) is 1.47. The van der Waals surface area contributed by atoms with Crippen LogP contribution in [0.2, 0.25) is 0 Å². The van der Waals surface area contributed by atoms with Crippen LogP contribution in [0.5, 0.6) is 0 Å². The van der Waals surface area contributed by atoms with Crippen molar-refractivity contribution in [3.8, 4) is 0 Å². The predicted molar refractivity (Wildman–Crippen MR) is 81.7 cm³/mol. The molecule has 0 aromatic rings. The lowest BCUT2D eigenvalue weighted by Gasteiger charge is -2.34. The first-order chi connectivity index (χ1) is 9.58. The third kappa shape index (κ3) is 4.16. The Morgan fingerprint density at radius 2 is 2.05 bits per heavy atom. The van der Waals surface area contributed by atoms with Crippen molar-refractivity contribution in [1.82, 2.24) is 14.3 Å². The third-order valence-electron chi connectivity index (χ3n) is 4.39. The van der Waals surface area contributed by atoms with E-state index in [1.807, 2.05) is 0 Å². The highest BCUT2D eigenvalue weighted by molar-refractivity contribution is 7.87. The maximum atomic E-state index is 12.5. The Balaban J connectivity index is 1.92. The summed E-state index contributed by atoms with van der Waals surface area (Å²) in [4.78, 5) is 0. The Labute approximate surface area is 123 Å². The van der Waals surface area contributed by atoms with E-state index in [0.29, 0.717) is 12.5 Å².